The molecule has 0 aliphatic rings. The monoisotopic (exact) mass is 1480 g/mol. The maximum Gasteiger partial charge on any atom is 0.472 e. The Morgan fingerprint density at radius 1 is 0.282 bits per heavy atom. The van der Waals surface area contributed by atoms with Crippen molar-refractivity contribution in [2.75, 3.05) is 39.6 Å². The molecule has 0 amide bonds. The van der Waals surface area contributed by atoms with Crippen LogP contribution >= 0.6 is 15.6 Å². The van der Waals surface area contributed by atoms with E-state index in [1.165, 1.54) is 57.8 Å². The van der Waals surface area contributed by atoms with Crippen LogP contribution in [0.5, 0.6) is 0 Å². The van der Waals surface area contributed by atoms with Gasteiger partial charge in [0, 0.05) is 19.3 Å². The molecule has 16 nitrogen and oxygen atoms in total. The van der Waals surface area contributed by atoms with E-state index in [-0.39, 0.29) is 19.3 Å². The van der Waals surface area contributed by atoms with Gasteiger partial charge in [0.1, 0.15) is 25.4 Å². The van der Waals surface area contributed by atoms with Gasteiger partial charge in [-0.2, -0.15) is 0 Å². The first-order chi connectivity index (χ1) is 50.2. The summed E-state index contributed by atoms with van der Waals surface area (Å²) in [5.74, 6) is -1.61. The minimum absolute atomic E-state index is 0.0782. The van der Waals surface area contributed by atoms with Gasteiger partial charge in [-0.25, -0.2) is 9.13 Å². The molecule has 0 aromatic carbocycles. The lowest BCUT2D eigenvalue weighted by Gasteiger charge is -2.21. The molecule has 103 heavy (non-hydrogen) atoms. The van der Waals surface area contributed by atoms with E-state index in [4.69, 9.17) is 32.3 Å². The number of hydrogen-bond donors (Lipinski definition) is 4. The molecule has 0 aromatic heterocycles. The minimum Gasteiger partial charge on any atom is -0.463 e. The van der Waals surface area contributed by atoms with Crippen LogP contribution in [0.1, 0.15) is 303 Å². The van der Waals surface area contributed by atoms with Crippen LogP contribution in [0.25, 0.3) is 0 Å². The number of hydrogen-bond acceptors (Lipinski definition) is 14. The lowest BCUT2D eigenvalue weighted by molar-refractivity contribution is -0.161. The molecule has 0 rings (SSSR count). The number of esters is 3. The zero-order valence-electron chi connectivity index (χ0n) is 64.2. The normalized spacial score (nSPS) is 14.8. The highest BCUT2D eigenvalue weighted by atomic mass is 31.2. The summed E-state index contributed by atoms with van der Waals surface area (Å²) in [5.41, 5.74) is 0. The van der Waals surface area contributed by atoms with Crippen LogP contribution in [0.3, 0.4) is 0 Å². The number of carbonyl (C=O) groups is 3. The molecule has 0 radical (unpaired) electrons. The van der Waals surface area contributed by atoms with Crippen molar-refractivity contribution in [2.24, 2.45) is 0 Å². The second-order valence-corrected chi connectivity index (χ2v) is 29.0. The predicted octanol–water partition coefficient (Wildman–Crippen LogP) is 23.4. The van der Waals surface area contributed by atoms with E-state index in [9.17, 15) is 43.5 Å². The molecule has 588 valence electrons. The largest absolute Gasteiger partial charge is 0.472 e. The van der Waals surface area contributed by atoms with Gasteiger partial charge in [0.2, 0.25) is 0 Å². The van der Waals surface area contributed by atoms with Gasteiger partial charge < -0.3 is 34.2 Å². The fraction of sp³-hybridized carbons (Fsp3) is 0.659. The van der Waals surface area contributed by atoms with Crippen LogP contribution in [-0.4, -0.2) is 95.9 Å². The molecule has 0 spiro atoms. The number of rotatable bonds is 74. The number of aliphatic hydroxyl groups is 2. The number of allylic oxidation sites excluding steroid dienone is 26. The summed E-state index contributed by atoms with van der Waals surface area (Å²) < 4.78 is 61.1. The summed E-state index contributed by atoms with van der Waals surface area (Å²) in [6.07, 6.45) is 95.7. The van der Waals surface area contributed by atoms with Gasteiger partial charge in [-0.15, -0.1) is 0 Å². The van der Waals surface area contributed by atoms with Gasteiger partial charge >= 0.3 is 33.6 Å². The van der Waals surface area contributed by atoms with Crippen molar-refractivity contribution < 1.29 is 75.8 Å². The lowest BCUT2D eigenvalue weighted by atomic mass is 10.1. The highest BCUT2D eigenvalue weighted by Gasteiger charge is 2.29. The molecule has 0 aliphatic heterocycles. The van der Waals surface area contributed by atoms with Crippen molar-refractivity contribution in [1.82, 2.24) is 0 Å². The van der Waals surface area contributed by atoms with Gasteiger partial charge in [-0.05, 0) is 148 Å². The van der Waals surface area contributed by atoms with Gasteiger partial charge in [-0.1, -0.05) is 294 Å². The molecule has 18 heteroatoms. The van der Waals surface area contributed by atoms with Crippen molar-refractivity contribution in [3.8, 4) is 0 Å². The molecule has 0 saturated heterocycles. The quantitative estimate of drug-likeness (QED) is 0.0146. The molecule has 0 aromatic rings. The summed E-state index contributed by atoms with van der Waals surface area (Å²) in [4.78, 5) is 58.7. The minimum atomic E-state index is -4.94. The molecule has 0 aliphatic carbocycles. The number of aliphatic hydroxyl groups excluding tert-OH is 2. The summed E-state index contributed by atoms with van der Waals surface area (Å²) >= 11 is 0. The topological polar surface area (TPSA) is 231 Å². The second kappa shape index (κ2) is 76.8. The van der Waals surface area contributed by atoms with Crippen LogP contribution in [0.2, 0.25) is 0 Å². The van der Waals surface area contributed by atoms with Crippen LogP contribution < -0.4 is 0 Å². The smallest absolute Gasteiger partial charge is 0.463 e. The van der Waals surface area contributed by atoms with Gasteiger partial charge in [0.25, 0.3) is 0 Å². The van der Waals surface area contributed by atoms with Crippen molar-refractivity contribution in [1.29, 1.82) is 0 Å². The van der Waals surface area contributed by atoms with Crippen LogP contribution in [0.4, 0.5) is 0 Å². The standard InChI is InChI=1S/C85H142O16P2/c1-4-7-10-13-16-19-22-25-28-30-32-34-36-37-38-39-40-41-43-45-46-48-51-53-56-59-62-65-68-71-83(88)95-74-80(86)75-97-102(91,92)98-76-81(87)77-99-103(93,94)100-79-82(101-85(90)73-70-67-64-61-58-55-50-27-24-21-18-15-12-9-6-3)78-96-84(89)72-69-66-63-60-57-54-52-49-47-44-42-35-33-31-29-26-23-20-17-14-11-8-5-2/h7,9-10,12,16-21,25-29,32-35,37-38,40-41,44,47,50,80-82,86-87H,4-6,8,11,13-15,22-24,30-31,36,39,42-43,45-46,48-49,51-79H2,1-3H3,(H,91,92)(H,93,94)/b10-7-,12-9-,19-16-,20-17-,21-18-,28-25-,29-26-,34-32-,35-33-,38-37-,41-40-,47-44-,50-27-. The molecular weight excluding hydrogens is 1340 g/mol. The fourth-order valence-electron chi connectivity index (χ4n) is 10.2. The van der Waals surface area contributed by atoms with Crippen molar-refractivity contribution in [2.45, 2.75) is 322 Å². The maximum atomic E-state index is 13.0. The molecular formula is C85H142O16P2. The molecule has 0 fully saturated rings. The number of unbranched alkanes of at least 4 members (excludes halogenated alkanes) is 25. The molecule has 5 unspecified atom stereocenters. The van der Waals surface area contributed by atoms with Crippen molar-refractivity contribution >= 4 is 33.6 Å². The Morgan fingerprint density at radius 2 is 0.515 bits per heavy atom. The number of phosphoric ester groups is 2. The first-order valence-corrected chi connectivity index (χ1v) is 42.8. The first-order valence-electron chi connectivity index (χ1n) is 39.8. The van der Waals surface area contributed by atoms with Gasteiger partial charge in [-0.3, -0.25) is 32.5 Å². The third kappa shape index (κ3) is 78.1. The Balaban J connectivity index is 4.58. The zero-order chi connectivity index (χ0) is 75.2. The Labute approximate surface area is 625 Å². The summed E-state index contributed by atoms with van der Waals surface area (Å²) in [6, 6.07) is 0. The van der Waals surface area contributed by atoms with Gasteiger partial charge in [0.15, 0.2) is 6.10 Å². The van der Waals surface area contributed by atoms with Crippen molar-refractivity contribution in [3.63, 3.8) is 0 Å². The summed E-state index contributed by atoms with van der Waals surface area (Å²) in [7, 11) is -9.81. The average Bonchev–Trinajstić information content (AvgIpc) is 0.915. The molecule has 0 heterocycles. The van der Waals surface area contributed by atoms with E-state index in [2.05, 4.69) is 179 Å². The summed E-state index contributed by atoms with van der Waals surface area (Å²) in [5, 5.41) is 20.6. The average molecular weight is 1480 g/mol. The van der Waals surface area contributed by atoms with E-state index in [0.29, 0.717) is 19.3 Å². The zero-order valence-corrected chi connectivity index (χ0v) is 66.0. The Kier molecular flexibility index (Phi) is 73.2. The Hall–Kier alpha value is -4.83. The van der Waals surface area contributed by atoms with Gasteiger partial charge in [0.05, 0.1) is 26.4 Å². The SMILES string of the molecule is CC/C=C\C/C=C\C/C=C\C/C=C\C/C=C\C/C=C\CCCCCCCCCCCCC(=O)OCC(O)COP(=O)(O)OCC(O)COP(=O)(O)OCC(COC(=O)CCCCCCCCC/C=C\C/C=C\C/C=C\C/C=C\CCCCC)OC(=O)CCCCCCC/C=C\C/C=C\C/C=C\CC. The van der Waals surface area contributed by atoms with E-state index in [1.807, 2.05) is 0 Å². The third-order valence-electron chi connectivity index (χ3n) is 16.2. The molecule has 5 atom stereocenters. The molecule has 0 saturated carbocycles. The first kappa shape index (κ1) is 98.2. The molecule has 0 bridgehead atoms. The maximum absolute atomic E-state index is 13.0. The predicted molar refractivity (Wildman–Crippen MR) is 426 cm³/mol. The fourth-order valence-corrected chi connectivity index (χ4v) is 11.8. The highest BCUT2D eigenvalue weighted by molar-refractivity contribution is 7.47. The van der Waals surface area contributed by atoms with E-state index >= 15 is 0 Å². The van der Waals surface area contributed by atoms with Crippen LogP contribution in [-0.2, 0) is 55.8 Å². The van der Waals surface area contributed by atoms with E-state index in [1.54, 1.807) is 0 Å². The Bertz CT molecular complexity index is 2500. The van der Waals surface area contributed by atoms with Crippen molar-refractivity contribution in [3.05, 3.63) is 158 Å². The lowest BCUT2D eigenvalue weighted by Crippen LogP contribution is -2.30. The Morgan fingerprint density at radius 3 is 0.816 bits per heavy atom. The number of phosphoric acid groups is 2. The second-order valence-electron chi connectivity index (χ2n) is 26.1. The van der Waals surface area contributed by atoms with Crippen LogP contribution in [0, 0.1) is 0 Å². The summed E-state index contributed by atoms with van der Waals surface area (Å²) in [6.45, 7) is 2.38. The van der Waals surface area contributed by atoms with Crippen LogP contribution in [0.15, 0.2) is 158 Å². The van der Waals surface area contributed by atoms with E-state index in [0.717, 1.165) is 186 Å². The number of ether oxygens (including phenoxy) is 3. The molecule has 4 N–H and O–H groups in total. The van der Waals surface area contributed by atoms with E-state index < -0.39 is 91.5 Å². The number of carbonyl (C=O) groups excluding carboxylic acids is 3. The highest BCUT2D eigenvalue weighted by Crippen LogP contribution is 2.45. The third-order valence-corrected chi connectivity index (χ3v) is 18.1.